The minimum atomic E-state index is -4.19. The summed E-state index contributed by atoms with van der Waals surface area (Å²) in [4.78, 5) is 29.0. The van der Waals surface area contributed by atoms with Gasteiger partial charge in [-0.1, -0.05) is 55.8 Å². The molecule has 41 heavy (non-hydrogen) atoms. The van der Waals surface area contributed by atoms with Crippen molar-refractivity contribution in [2.75, 3.05) is 31.5 Å². The van der Waals surface area contributed by atoms with Gasteiger partial charge in [0, 0.05) is 33.6 Å². The number of nitrogens with zero attached hydrogens (tertiary/aromatic N) is 3. The van der Waals surface area contributed by atoms with Crippen molar-refractivity contribution < 1.29 is 26.8 Å². The van der Waals surface area contributed by atoms with Crippen molar-refractivity contribution in [1.82, 2.24) is 14.5 Å². The summed E-state index contributed by atoms with van der Waals surface area (Å²) in [6.07, 6.45) is 1.77. The second kappa shape index (κ2) is 14.7. The summed E-state index contributed by atoms with van der Waals surface area (Å²) >= 11 is 0. The first kappa shape index (κ1) is 31.7. The molecule has 0 spiro atoms. The molecular weight excluding hydrogens is 550 g/mol. The summed E-state index contributed by atoms with van der Waals surface area (Å²) in [5.74, 6) is -2.06. The topological polar surface area (TPSA) is 90.0 Å². The second-order valence-electron chi connectivity index (χ2n) is 9.77. The predicted octanol–water partition coefficient (Wildman–Crippen LogP) is 4.13. The van der Waals surface area contributed by atoms with Gasteiger partial charge in [0.1, 0.15) is 24.2 Å². The number of carbonyl (C=O) groups is 2. The Morgan fingerprint density at radius 2 is 1.44 bits per heavy atom. The lowest BCUT2D eigenvalue weighted by atomic mass is 10.0. The van der Waals surface area contributed by atoms with Crippen molar-refractivity contribution in [2.24, 2.45) is 0 Å². The molecule has 0 aromatic heterocycles. The molecule has 0 saturated heterocycles. The summed E-state index contributed by atoms with van der Waals surface area (Å²) in [6.45, 7) is 1.68. The molecule has 0 heterocycles. The molecule has 0 aliphatic heterocycles. The lowest BCUT2D eigenvalue weighted by Crippen LogP contribution is -2.54. The van der Waals surface area contributed by atoms with Gasteiger partial charge in [0.15, 0.2) is 0 Å². The lowest BCUT2D eigenvalue weighted by Gasteiger charge is -2.34. The third kappa shape index (κ3) is 8.83. The fraction of sp³-hybridized carbons (Fsp3) is 0.333. The van der Waals surface area contributed by atoms with Crippen LogP contribution in [0.1, 0.15) is 30.9 Å². The van der Waals surface area contributed by atoms with Crippen LogP contribution < -0.4 is 9.62 Å². The Labute approximate surface area is 240 Å². The van der Waals surface area contributed by atoms with Crippen molar-refractivity contribution >= 4 is 27.7 Å². The minimum absolute atomic E-state index is 0.0723. The van der Waals surface area contributed by atoms with Crippen molar-refractivity contribution in [3.8, 4) is 0 Å². The third-order valence-corrected chi connectivity index (χ3v) is 8.32. The first-order valence-corrected chi connectivity index (χ1v) is 14.7. The molecule has 1 N–H and O–H groups in total. The molecule has 3 aromatic rings. The van der Waals surface area contributed by atoms with Crippen LogP contribution in [0, 0.1) is 11.6 Å². The summed E-state index contributed by atoms with van der Waals surface area (Å²) in [7, 11) is -1.54. The molecule has 0 saturated carbocycles. The molecule has 8 nitrogen and oxygen atoms in total. The number of carbonyl (C=O) groups excluding carboxylic acids is 2. The monoisotopic (exact) mass is 586 g/mol. The van der Waals surface area contributed by atoms with Gasteiger partial charge in [0.05, 0.1) is 5.69 Å². The average Bonchev–Trinajstić information content (AvgIpc) is 2.95. The number of hydrogen-bond donors (Lipinski definition) is 1. The van der Waals surface area contributed by atoms with Crippen LogP contribution in [0.15, 0.2) is 78.9 Å². The van der Waals surface area contributed by atoms with Gasteiger partial charge in [-0.3, -0.25) is 9.59 Å². The van der Waals surface area contributed by atoms with Gasteiger partial charge in [-0.15, -0.1) is 0 Å². The van der Waals surface area contributed by atoms with E-state index in [4.69, 9.17) is 0 Å². The van der Waals surface area contributed by atoms with Crippen LogP contribution in [0.4, 0.5) is 14.5 Å². The van der Waals surface area contributed by atoms with Crippen LogP contribution >= 0.6 is 0 Å². The highest BCUT2D eigenvalue weighted by Crippen LogP contribution is 2.22. The predicted molar refractivity (Wildman–Crippen MR) is 155 cm³/mol. The number of rotatable bonds is 14. The Balaban J connectivity index is 2.06. The number of anilines is 1. The summed E-state index contributed by atoms with van der Waals surface area (Å²) in [5, 5.41) is 2.90. The van der Waals surface area contributed by atoms with Crippen LogP contribution in [0.5, 0.6) is 0 Å². The summed E-state index contributed by atoms with van der Waals surface area (Å²) in [5.41, 5.74) is 1.45. The standard InChI is InChI=1S/C30H36F2N4O4S/c1-4-5-19-33-30(38)28(20-23-9-7-6-8-10-23)35(21-24-11-13-25(31)14-12-24)29(37)22-36(41(39,40)34(2)3)27-17-15-26(32)16-18-27/h6-18,28H,4-5,19-22H2,1-3H3,(H,33,38)/t28-/m0/s1. The number of unbranched alkanes of at least 4 members (excludes halogenated alkanes) is 1. The molecule has 0 unspecified atom stereocenters. The third-order valence-electron chi connectivity index (χ3n) is 6.50. The maximum absolute atomic E-state index is 14.1. The fourth-order valence-electron chi connectivity index (χ4n) is 4.17. The first-order chi connectivity index (χ1) is 19.5. The first-order valence-electron chi connectivity index (χ1n) is 13.3. The molecule has 3 rings (SSSR count). The largest absolute Gasteiger partial charge is 0.354 e. The van der Waals surface area contributed by atoms with Crippen LogP contribution in [0.25, 0.3) is 0 Å². The van der Waals surface area contributed by atoms with Crippen molar-refractivity contribution in [3.63, 3.8) is 0 Å². The van der Waals surface area contributed by atoms with Gasteiger partial charge < -0.3 is 10.2 Å². The quantitative estimate of drug-likeness (QED) is 0.288. The van der Waals surface area contributed by atoms with E-state index in [0.29, 0.717) is 12.1 Å². The van der Waals surface area contributed by atoms with E-state index in [1.54, 1.807) is 0 Å². The molecule has 3 aromatic carbocycles. The fourth-order valence-corrected chi connectivity index (χ4v) is 5.23. The smallest absolute Gasteiger partial charge is 0.304 e. The van der Waals surface area contributed by atoms with Gasteiger partial charge >= 0.3 is 10.2 Å². The van der Waals surface area contributed by atoms with Crippen LogP contribution in [-0.2, 0) is 32.8 Å². The van der Waals surface area contributed by atoms with E-state index in [0.717, 1.165) is 39.1 Å². The van der Waals surface area contributed by atoms with Gasteiger partial charge in [-0.2, -0.15) is 12.7 Å². The van der Waals surface area contributed by atoms with Gasteiger partial charge in [0.25, 0.3) is 0 Å². The van der Waals surface area contributed by atoms with Gasteiger partial charge in [0.2, 0.25) is 11.8 Å². The zero-order valence-corrected chi connectivity index (χ0v) is 24.3. The lowest BCUT2D eigenvalue weighted by molar-refractivity contribution is -0.140. The van der Waals surface area contributed by atoms with E-state index in [2.05, 4.69) is 5.32 Å². The molecule has 0 fully saturated rings. The Morgan fingerprint density at radius 1 is 0.854 bits per heavy atom. The number of amides is 2. The summed E-state index contributed by atoms with van der Waals surface area (Å²) < 4.78 is 55.8. The molecule has 0 aliphatic rings. The van der Waals surface area contributed by atoms with E-state index < -0.39 is 40.3 Å². The highest BCUT2D eigenvalue weighted by molar-refractivity contribution is 7.90. The van der Waals surface area contributed by atoms with Crippen molar-refractivity contribution in [1.29, 1.82) is 0 Å². The zero-order valence-electron chi connectivity index (χ0n) is 23.5. The number of halogens is 2. The number of benzene rings is 3. The number of nitrogens with one attached hydrogen (secondary N) is 1. The molecule has 0 aliphatic carbocycles. The normalized spacial score (nSPS) is 12.1. The Morgan fingerprint density at radius 3 is 2.00 bits per heavy atom. The van der Waals surface area contributed by atoms with Gasteiger partial charge in [-0.25, -0.2) is 13.1 Å². The second-order valence-corrected chi connectivity index (χ2v) is 11.8. The summed E-state index contributed by atoms with van der Waals surface area (Å²) in [6, 6.07) is 18.5. The Kier molecular flexibility index (Phi) is 11.4. The Bertz CT molecular complexity index is 1390. The minimum Gasteiger partial charge on any atom is -0.354 e. The van der Waals surface area contributed by atoms with Gasteiger partial charge in [-0.05, 0) is 53.9 Å². The molecule has 11 heteroatoms. The number of hydrogen-bond acceptors (Lipinski definition) is 4. The highest BCUT2D eigenvalue weighted by atomic mass is 32.2. The van der Waals surface area contributed by atoms with E-state index in [1.165, 1.54) is 55.4 Å². The Hall–Kier alpha value is -3.83. The van der Waals surface area contributed by atoms with Crippen LogP contribution in [-0.4, -0.2) is 62.7 Å². The van der Waals surface area contributed by atoms with E-state index >= 15 is 0 Å². The van der Waals surface area contributed by atoms with Crippen molar-refractivity contribution in [2.45, 2.75) is 38.8 Å². The van der Waals surface area contributed by atoms with E-state index in [1.807, 2.05) is 37.3 Å². The van der Waals surface area contributed by atoms with Crippen molar-refractivity contribution in [3.05, 3.63) is 102 Å². The van der Waals surface area contributed by atoms with Crippen LogP contribution in [0.3, 0.4) is 0 Å². The maximum Gasteiger partial charge on any atom is 0.304 e. The molecule has 1 atom stereocenters. The maximum atomic E-state index is 14.1. The molecule has 0 bridgehead atoms. The van der Waals surface area contributed by atoms with E-state index in [-0.39, 0.29) is 24.6 Å². The average molecular weight is 587 g/mol. The molecule has 2 amide bonds. The highest BCUT2D eigenvalue weighted by Gasteiger charge is 2.34. The van der Waals surface area contributed by atoms with Crippen LogP contribution in [0.2, 0.25) is 0 Å². The molecule has 220 valence electrons. The SMILES string of the molecule is CCCCNC(=O)[C@H](Cc1ccccc1)N(Cc1ccc(F)cc1)C(=O)CN(c1ccc(F)cc1)S(=O)(=O)N(C)C. The molecule has 0 radical (unpaired) electrons. The molecular formula is C30H36F2N4O4S. The van der Waals surface area contributed by atoms with E-state index in [9.17, 15) is 26.8 Å². The zero-order chi connectivity index (χ0) is 30.0.